The summed E-state index contributed by atoms with van der Waals surface area (Å²) in [6.45, 7) is 7.27. The van der Waals surface area contributed by atoms with Crippen molar-refractivity contribution in [2.24, 2.45) is 5.92 Å². The molecule has 0 spiro atoms. The number of carbonyl (C=O) groups is 4. The van der Waals surface area contributed by atoms with Crippen molar-refractivity contribution in [3.05, 3.63) is 0 Å². The van der Waals surface area contributed by atoms with Crippen molar-refractivity contribution in [2.75, 3.05) is 39.6 Å². The quantitative estimate of drug-likeness (QED) is 0.0222. The molecular formula is C73H142O17P2. The normalized spacial score (nSPS) is 14.0. The number of hydrogen-bond acceptors (Lipinski definition) is 15. The Morgan fingerprint density at radius 3 is 0.739 bits per heavy atom. The molecule has 0 radical (unpaired) electrons. The van der Waals surface area contributed by atoms with E-state index in [1.165, 1.54) is 205 Å². The fraction of sp³-hybridized carbons (Fsp3) is 0.945. The molecule has 0 saturated carbocycles. The summed E-state index contributed by atoms with van der Waals surface area (Å²) in [5.41, 5.74) is 0. The van der Waals surface area contributed by atoms with Crippen LogP contribution in [-0.4, -0.2) is 96.7 Å². The van der Waals surface area contributed by atoms with Gasteiger partial charge in [-0.25, -0.2) is 9.13 Å². The van der Waals surface area contributed by atoms with E-state index in [0.717, 1.165) is 95.8 Å². The number of rotatable bonds is 73. The van der Waals surface area contributed by atoms with Crippen LogP contribution in [0.5, 0.6) is 0 Å². The predicted octanol–water partition coefficient (Wildman–Crippen LogP) is 21.3. The van der Waals surface area contributed by atoms with Gasteiger partial charge >= 0.3 is 39.5 Å². The third-order valence-electron chi connectivity index (χ3n) is 17.0. The van der Waals surface area contributed by atoms with Gasteiger partial charge in [-0.2, -0.15) is 0 Å². The molecule has 0 amide bonds. The molecule has 0 aromatic heterocycles. The maximum Gasteiger partial charge on any atom is 0.472 e. The molecule has 546 valence electrons. The van der Waals surface area contributed by atoms with E-state index in [4.69, 9.17) is 37.0 Å². The van der Waals surface area contributed by atoms with E-state index >= 15 is 0 Å². The second kappa shape index (κ2) is 66.3. The van der Waals surface area contributed by atoms with Gasteiger partial charge in [-0.3, -0.25) is 37.3 Å². The first-order valence-electron chi connectivity index (χ1n) is 38.1. The van der Waals surface area contributed by atoms with Crippen molar-refractivity contribution >= 4 is 39.5 Å². The number of carbonyl (C=O) groups excluding carboxylic acids is 4. The highest BCUT2D eigenvalue weighted by atomic mass is 31.2. The monoisotopic (exact) mass is 1350 g/mol. The van der Waals surface area contributed by atoms with Gasteiger partial charge in [0.2, 0.25) is 0 Å². The zero-order chi connectivity index (χ0) is 67.7. The first-order chi connectivity index (χ1) is 44.5. The molecule has 0 aromatic rings. The lowest BCUT2D eigenvalue weighted by Crippen LogP contribution is -2.30. The highest BCUT2D eigenvalue weighted by molar-refractivity contribution is 7.47. The Hall–Kier alpha value is -1.94. The van der Waals surface area contributed by atoms with Crippen molar-refractivity contribution in [1.82, 2.24) is 0 Å². The largest absolute Gasteiger partial charge is 0.472 e. The van der Waals surface area contributed by atoms with Crippen LogP contribution in [0.3, 0.4) is 0 Å². The van der Waals surface area contributed by atoms with Crippen LogP contribution in [0.25, 0.3) is 0 Å². The maximum atomic E-state index is 13.1. The van der Waals surface area contributed by atoms with Crippen LogP contribution in [-0.2, 0) is 65.4 Å². The van der Waals surface area contributed by atoms with Crippen LogP contribution >= 0.6 is 15.6 Å². The summed E-state index contributed by atoms with van der Waals surface area (Å²) in [4.78, 5) is 72.7. The van der Waals surface area contributed by atoms with Gasteiger partial charge in [0, 0.05) is 25.7 Å². The smallest absolute Gasteiger partial charge is 0.462 e. The Morgan fingerprint density at radius 1 is 0.293 bits per heavy atom. The predicted molar refractivity (Wildman–Crippen MR) is 372 cm³/mol. The zero-order valence-corrected chi connectivity index (χ0v) is 61.5. The van der Waals surface area contributed by atoms with Gasteiger partial charge in [-0.1, -0.05) is 330 Å². The van der Waals surface area contributed by atoms with E-state index in [1.54, 1.807) is 0 Å². The number of esters is 4. The van der Waals surface area contributed by atoms with Crippen molar-refractivity contribution < 1.29 is 80.2 Å². The van der Waals surface area contributed by atoms with E-state index in [-0.39, 0.29) is 25.7 Å². The summed E-state index contributed by atoms with van der Waals surface area (Å²) >= 11 is 0. The molecule has 17 nitrogen and oxygen atoms in total. The summed E-state index contributed by atoms with van der Waals surface area (Å²) < 4.78 is 68.4. The lowest BCUT2D eigenvalue weighted by molar-refractivity contribution is -0.161. The Labute approximate surface area is 562 Å². The molecule has 19 heteroatoms. The highest BCUT2D eigenvalue weighted by Gasteiger charge is 2.30. The number of aliphatic hydroxyl groups excluding tert-OH is 1. The standard InChI is InChI=1S/C73H142O17P2/c1-6-9-12-15-18-21-24-26-27-28-29-33-39-44-49-54-59-73(78)90-69(63-84-71(76)57-52-47-42-37-34-30-31-35-40-45-50-55-66(4)5)65-88-92(81,82)86-61-67(74)60-85-91(79,80)87-64-68(62-83-70(75)56-51-46-41-36-23-20-17-14-11-8-3)89-72(77)58-53-48-43-38-32-25-22-19-16-13-10-7-2/h66-69,74H,6-65H2,1-5H3,(H,79,80)(H,81,82)/t67-,68+,69+/m0/s1. The molecule has 0 aliphatic rings. The molecule has 0 rings (SSSR count). The number of unbranched alkanes of at least 4 members (excludes halogenated alkanes) is 45. The Balaban J connectivity index is 5.24. The molecule has 0 aromatic carbocycles. The number of ether oxygens (including phenoxy) is 4. The van der Waals surface area contributed by atoms with Gasteiger partial charge in [0.15, 0.2) is 12.2 Å². The van der Waals surface area contributed by atoms with Gasteiger partial charge in [0.25, 0.3) is 0 Å². The summed E-state index contributed by atoms with van der Waals surface area (Å²) in [5.74, 6) is -1.34. The second-order valence-corrected chi connectivity index (χ2v) is 29.7. The highest BCUT2D eigenvalue weighted by Crippen LogP contribution is 2.45. The average Bonchev–Trinajstić information content (AvgIpc) is 1.55. The van der Waals surface area contributed by atoms with Crippen LogP contribution in [0.4, 0.5) is 0 Å². The molecule has 0 aliphatic carbocycles. The summed E-state index contributed by atoms with van der Waals surface area (Å²) in [6, 6.07) is 0. The molecule has 2 unspecified atom stereocenters. The molecule has 0 bridgehead atoms. The fourth-order valence-electron chi connectivity index (χ4n) is 11.2. The van der Waals surface area contributed by atoms with Crippen LogP contribution in [0.2, 0.25) is 0 Å². The van der Waals surface area contributed by atoms with Crippen molar-refractivity contribution in [3.63, 3.8) is 0 Å². The first-order valence-corrected chi connectivity index (χ1v) is 41.1. The second-order valence-electron chi connectivity index (χ2n) is 26.8. The van der Waals surface area contributed by atoms with Gasteiger partial charge in [-0.05, 0) is 31.6 Å². The van der Waals surface area contributed by atoms with Crippen LogP contribution in [0.1, 0.15) is 381 Å². The van der Waals surface area contributed by atoms with Crippen molar-refractivity contribution in [2.45, 2.75) is 400 Å². The van der Waals surface area contributed by atoms with Crippen LogP contribution < -0.4 is 0 Å². The van der Waals surface area contributed by atoms with Gasteiger partial charge in [-0.15, -0.1) is 0 Å². The van der Waals surface area contributed by atoms with Crippen molar-refractivity contribution in [1.29, 1.82) is 0 Å². The molecule has 92 heavy (non-hydrogen) atoms. The lowest BCUT2D eigenvalue weighted by Gasteiger charge is -2.21. The minimum atomic E-state index is -4.95. The third kappa shape index (κ3) is 66.7. The molecule has 0 aliphatic heterocycles. The third-order valence-corrected chi connectivity index (χ3v) is 18.9. The van der Waals surface area contributed by atoms with Crippen LogP contribution in [0, 0.1) is 5.92 Å². The summed E-state index contributed by atoms with van der Waals surface area (Å²) in [6.07, 6.45) is 53.9. The molecule has 0 heterocycles. The minimum Gasteiger partial charge on any atom is -0.462 e. The van der Waals surface area contributed by atoms with E-state index < -0.39 is 97.5 Å². The SMILES string of the molecule is CCCCCCCCCCCCCCCCCCC(=O)O[C@H](COC(=O)CCCCCCCCCCCCCC(C)C)COP(=O)(O)OC[C@@H](O)COP(=O)(O)OC[C@@H](COC(=O)CCCCCCCCCCCC)OC(=O)CCCCCCCCCCCCCC. The van der Waals surface area contributed by atoms with E-state index in [0.29, 0.717) is 25.7 Å². The Kier molecular flexibility index (Phi) is 64.9. The summed E-state index contributed by atoms with van der Waals surface area (Å²) in [5, 5.41) is 10.6. The first kappa shape index (κ1) is 90.1. The van der Waals surface area contributed by atoms with E-state index in [2.05, 4.69) is 34.6 Å². The van der Waals surface area contributed by atoms with Crippen LogP contribution in [0.15, 0.2) is 0 Å². The topological polar surface area (TPSA) is 237 Å². The van der Waals surface area contributed by atoms with Gasteiger partial charge in [0.1, 0.15) is 19.3 Å². The number of aliphatic hydroxyl groups is 1. The molecule has 3 N–H and O–H groups in total. The Bertz CT molecular complexity index is 1770. The molecule has 5 atom stereocenters. The molecule has 0 fully saturated rings. The number of hydrogen-bond donors (Lipinski definition) is 3. The number of phosphoric acid groups is 2. The average molecular weight is 1350 g/mol. The lowest BCUT2D eigenvalue weighted by atomic mass is 10.0. The van der Waals surface area contributed by atoms with Gasteiger partial charge in [0.05, 0.1) is 26.4 Å². The minimum absolute atomic E-state index is 0.108. The fourth-order valence-corrected chi connectivity index (χ4v) is 12.8. The van der Waals surface area contributed by atoms with E-state index in [9.17, 15) is 43.2 Å². The number of phosphoric ester groups is 2. The molecule has 0 saturated heterocycles. The molecular weight excluding hydrogens is 1210 g/mol. The summed E-state index contributed by atoms with van der Waals surface area (Å²) in [7, 11) is -9.90. The maximum absolute atomic E-state index is 13.1. The zero-order valence-electron chi connectivity index (χ0n) is 59.7. The van der Waals surface area contributed by atoms with Crippen molar-refractivity contribution in [3.8, 4) is 0 Å². The van der Waals surface area contributed by atoms with Gasteiger partial charge < -0.3 is 33.8 Å². The Morgan fingerprint density at radius 2 is 0.500 bits per heavy atom. The van der Waals surface area contributed by atoms with E-state index in [1.807, 2.05) is 0 Å².